The van der Waals surface area contributed by atoms with Gasteiger partial charge in [0.1, 0.15) is 6.61 Å². The Balaban J connectivity index is 1.03. The average molecular weight is 605 g/mol. The van der Waals surface area contributed by atoms with Gasteiger partial charge in [-0.15, -0.1) is 0 Å². The number of benzene rings is 2. The summed E-state index contributed by atoms with van der Waals surface area (Å²) in [6, 6.07) is 16.6. The number of hydrogen-bond acceptors (Lipinski definition) is 10. The molecule has 0 bridgehead atoms. The highest BCUT2D eigenvalue weighted by Gasteiger charge is 2.28. The standard InChI is InChI=1S/C32H48N2O9/c33-10-13-37-15-17-39-19-21-41-23-25-42-24-22-40-20-18-38-16-14-36-12-5-11-34-32(35)43-26-31-29-8-3-1-6-27(29)28-7-2-4-9-30(28)31/h1-4,6-9,31H,5,10-26,33H2,(H,34,35). The van der Waals surface area contributed by atoms with Crippen LogP contribution in [0.15, 0.2) is 48.5 Å². The predicted molar refractivity (Wildman–Crippen MR) is 162 cm³/mol. The second-order valence-corrected chi connectivity index (χ2v) is 9.68. The highest BCUT2D eigenvalue weighted by Crippen LogP contribution is 2.44. The average Bonchev–Trinajstić information content (AvgIpc) is 3.35. The Morgan fingerprint density at radius 1 is 0.581 bits per heavy atom. The van der Waals surface area contributed by atoms with Gasteiger partial charge in [0.15, 0.2) is 0 Å². The number of rotatable bonds is 26. The molecular weight excluding hydrogens is 556 g/mol. The third-order valence-electron chi connectivity index (χ3n) is 6.57. The zero-order valence-corrected chi connectivity index (χ0v) is 25.2. The first-order valence-electron chi connectivity index (χ1n) is 15.1. The Labute approximate surface area is 255 Å². The van der Waals surface area contributed by atoms with Gasteiger partial charge in [-0.3, -0.25) is 0 Å². The summed E-state index contributed by atoms with van der Waals surface area (Å²) in [6.07, 6.45) is 0.281. The largest absolute Gasteiger partial charge is 0.449 e. The summed E-state index contributed by atoms with van der Waals surface area (Å²) in [5, 5.41) is 2.80. The highest BCUT2D eigenvalue weighted by molar-refractivity contribution is 5.79. The number of carbonyl (C=O) groups excluding carboxylic acids is 1. The quantitative estimate of drug-likeness (QED) is 0.155. The van der Waals surface area contributed by atoms with Crippen molar-refractivity contribution in [1.82, 2.24) is 5.32 Å². The Morgan fingerprint density at radius 2 is 0.977 bits per heavy atom. The fourth-order valence-corrected chi connectivity index (χ4v) is 4.52. The van der Waals surface area contributed by atoms with Crippen molar-refractivity contribution < 1.29 is 42.7 Å². The van der Waals surface area contributed by atoms with Crippen molar-refractivity contribution in [2.24, 2.45) is 5.73 Å². The van der Waals surface area contributed by atoms with Gasteiger partial charge in [-0.1, -0.05) is 48.5 Å². The van der Waals surface area contributed by atoms with Crippen LogP contribution in [0.4, 0.5) is 4.79 Å². The molecule has 1 aliphatic carbocycles. The van der Waals surface area contributed by atoms with Gasteiger partial charge in [-0.25, -0.2) is 4.79 Å². The maximum atomic E-state index is 12.2. The molecule has 11 heteroatoms. The van der Waals surface area contributed by atoms with E-state index in [1.807, 2.05) is 24.3 Å². The molecule has 1 amide bonds. The molecule has 0 fully saturated rings. The van der Waals surface area contributed by atoms with Crippen molar-refractivity contribution in [3.63, 3.8) is 0 Å². The van der Waals surface area contributed by atoms with Crippen LogP contribution in [0.25, 0.3) is 11.1 Å². The van der Waals surface area contributed by atoms with Gasteiger partial charge in [-0.2, -0.15) is 0 Å². The monoisotopic (exact) mass is 604 g/mol. The van der Waals surface area contributed by atoms with E-state index in [1.165, 1.54) is 22.3 Å². The highest BCUT2D eigenvalue weighted by atomic mass is 16.6. The van der Waals surface area contributed by atoms with Crippen molar-refractivity contribution in [1.29, 1.82) is 0 Å². The molecule has 1 aliphatic rings. The molecule has 43 heavy (non-hydrogen) atoms. The normalized spacial score (nSPS) is 12.3. The summed E-state index contributed by atoms with van der Waals surface area (Å²) in [5.74, 6) is 0.0559. The number of ether oxygens (including phenoxy) is 8. The smallest absolute Gasteiger partial charge is 0.407 e. The summed E-state index contributed by atoms with van der Waals surface area (Å²) in [5.41, 5.74) is 10.2. The van der Waals surface area contributed by atoms with Crippen molar-refractivity contribution in [2.45, 2.75) is 12.3 Å². The minimum Gasteiger partial charge on any atom is -0.449 e. The molecule has 240 valence electrons. The zero-order chi connectivity index (χ0) is 30.2. The Hall–Kier alpha value is -2.61. The van der Waals surface area contributed by atoms with Gasteiger partial charge >= 0.3 is 6.09 Å². The molecule has 0 radical (unpaired) electrons. The van der Waals surface area contributed by atoms with Crippen LogP contribution in [0.1, 0.15) is 23.5 Å². The lowest BCUT2D eigenvalue weighted by Crippen LogP contribution is -2.27. The molecule has 0 saturated heterocycles. The molecule has 3 N–H and O–H groups in total. The van der Waals surface area contributed by atoms with Crippen LogP contribution in [0, 0.1) is 0 Å². The fraction of sp³-hybridized carbons (Fsp3) is 0.594. The lowest BCUT2D eigenvalue weighted by molar-refractivity contribution is -0.0203. The van der Waals surface area contributed by atoms with Crippen LogP contribution in [-0.2, 0) is 37.9 Å². The van der Waals surface area contributed by atoms with Gasteiger partial charge in [0.2, 0.25) is 0 Å². The summed E-state index contributed by atoms with van der Waals surface area (Å²) in [6.45, 7) is 8.54. The van der Waals surface area contributed by atoms with E-state index in [0.717, 1.165) is 0 Å². The lowest BCUT2D eigenvalue weighted by Gasteiger charge is -2.14. The summed E-state index contributed by atoms with van der Waals surface area (Å²) in [7, 11) is 0. The fourth-order valence-electron chi connectivity index (χ4n) is 4.52. The van der Waals surface area contributed by atoms with E-state index in [0.29, 0.717) is 119 Å². The summed E-state index contributed by atoms with van der Waals surface area (Å²) in [4.78, 5) is 12.2. The minimum absolute atomic E-state index is 0.0559. The van der Waals surface area contributed by atoms with Gasteiger partial charge in [-0.05, 0) is 28.7 Å². The van der Waals surface area contributed by atoms with Gasteiger partial charge in [0, 0.05) is 25.6 Å². The topological polar surface area (TPSA) is 129 Å². The third kappa shape index (κ3) is 14.1. The number of fused-ring (bicyclic) bond motifs is 3. The number of hydrogen-bond donors (Lipinski definition) is 2. The van der Waals surface area contributed by atoms with E-state index in [-0.39, 0.29) is 5.92 Å². The SMILES string of the molecule is NCCOCCOCCOCCOCCOCCOCCOCCCNC(=O)OCC1c2ccccc2-c2ccccc21. The lowest BCUT2D eigenvalue weighted by atomic mass is 9.98. The summed E-state index contributed by atoms with van der Waals surface area (Å²) >= 11 is 0. The van der Waals surface area contributed by atoms with Crippen LogP contribution >= 0.6 is 0 Å². The molecule has 0 heterocycles. The molecule has 11 nitrogen and oxygen atoms in total. The number of carbonyl (C=O) groups is 1. The Bertz CT molecular complexity index is 965. The van der Waals surface area contributed by atoms with Crippen LogP contribution in [0.3, 0.4) is 0 Å². The first-order valence-corrected chi connectivity index (χ1v) is 15.1. The Kier molecular flexibility index (Phi) is 18.5. The van der Waals surface area contributed by atoms with Gasteiger partial charge in [0.05, 0.1) is 85.9 Å². The van der Waals surface area contributed by atoms with Gasteiger partial charge in [0.25, 0.3) is 0 Å². The van der Waals surface area contributed by atoms with Crippen LogP contribution in [0.5, 0.6) is 0 Å². The van der Waals surface area contributed by atoms with Crippen LogP contribution in [0.2, 0.25) is 0 Å². The van der Waals surface area contributed by atoms with E-state index in [2.05, 4.69) is 29.6 Å². The molecule has 0 aliphatic heterocycles. The molecular formula is C32H48N2O9. The van der Waals surface area contributed by atoms with Crippen molar-refractivity contribution in [3.8, 4) is 11.1 Å². The third-order valence-corrected chi connectivity index (χ3v) is 6.57. The van der Waals surface area contributed by atoms with E-state index < -0.39 is 6.09 Å². The molecule has 0 atom stereocenters. The first-order chi connectivity index (χ1) is 21.3. The molecule has 3 rings (SSSR count). The van der Waals surface area contributed by atoms with E-state index in [4.69, 9.17) is 43.6 Å². The predicted octanol–water partition coefficient (Wildman–Crippen LogP) is 2.99. The molecule has 0 aromatic heterocycles. The molecule has 2 aromatic rings. The minimum atomic E-state index is -0.411. The van der Waals surface area contributed by atoms with Crippen molar-refractivity contribution in [3.05, 3.63) is 59.7 Å². The zero-order valence-electron chi connectivity index (χ0n) is 25.2. The molecule has 0 spiro atoms. The number of nitrogens with one attached hydrogen (secondary N) is 1. The maximum absolute atomic E-state index is 12.2. The van der Waals surface area contributed by atoms with E-state index in [1.54, 1.807) is 0 Å². The second kappa shape index (κ2) is 22.9. The number of nitrogens with two attached hydrogens (primary N) is 1. The van der Waals surface area contributed by atoms with Crippen LogP contribution < -0.4 is 11.1 Å². The second-order valence-electron chi connectivity index (χ2n) is 9.68. The summed E-state index contributed by atoms with van der Waals surface area (Å²) < 4.78 is 43.5. The van der Waals surface area contributed by atoms with Crippen LogP contribution in [-0.4, -0.2) is 118 Å². The molecule has 0 unspecified atom stereocenters. The maximum Gasteiger partial charge on any atom is 0.407 e. The van der Waals surface area contributed by atoms with E-state index >= 15 is 0 Å². The number of amides is 1. The van der Waals surface area contributed by atoms with E-state index in [9.17, 15) is 4.79 Å². The first kappa shape index (κ1) is 34.9. The van der Waals surface area contributed by atoms with Gasteiger partial charge < -0.3 is 48.9 Å². The Morgan fingerprint density at radius 3 is 1.42 bits per heavy atom. The van der Waals surface area contributed by atoms with Crippen molar-refractivity contribution >= 4 is 6.09 Å². The number of alkyl carbamates (subject to hydrolysis) is 1. The molecule has 0 saturated carbocycles. The van der Waals surface area contributed by atoms with Crippen molar-refractivity contribution in [2.75, 3.05) is 112 Å². The molecule has 2 aromatic carbocycles.